The van der Waals surface area contributed by atoms with Gasteiger partial charge in [-0.25, -0.2) is 9.97 Å². The van der Waals surface area contributed by atoms with Crippen LogP contribution in [0.3, 0.4) is 0 Å². The van der Waals surface area contributed by atoms with Gasteiger partial charge in [-0.3, -0.25) is 0 Å². The van der Waals surface area contributed by atoms with Gasteiger partial charge in [-0.05, 0) is 25.5 Å². The average Bonchev–Trinajstić information content (AvgIpc) is 2.47. The Morgan fingerprint density at radius 2 is 1.71 bits per heavy atom. The van der Waals surface area contributed by atoms with Crippen LogP contribution in [0.1, 0.15) is 23.7 Å². The smallest absolute Gasteiger partial charge is 0.373 e. The first kappa shape index (κ1) is 15.3. The lowest BCUT2D eigenvalue weighted by molar-refractivity contribution is -0.137. The molecule has 0 aliphatic carbocycles. The number of halogens is 3. The summed E-state index contributed by atoms with van der Waals surface area (Å²) in [5.74, 6) is 1.12. The highest BCUT2D eigenvalue weighted by Crippen LogP contribution is 2.30. The first-order valence-corrected chi connectivity index (χ1v) is 6.59. The van der Waals surface area contributed by atoms with Gasteiger partial charge in [-0.2, -0.15) is 13.2 Å². The van der Waals surface area contributed by atoms with Gasteiger partial charge in [0.2, 0.25) is 0 Å². The van der Waals surface area contributed by atoms with Crippen LogP contribution in [0.15, 0.2) is 24.3 Å². The van der Waals surface area contributed by atoms with Gasteiger partial charge < -0.3 is 5.32 Å². The Kier molecular flexibility index (Phi) is 4.16. The van der Waals surface area contributed by atoms with Crippen molar-refractivity contribution in [3.05, 3.63) is 41.1 Å². The van der Waals surface area contributed by atoms with Crippen LogP contribution in [0.25, 0.3) is 11.4 Å². The molecule has 2 rings (SSSR count). The van der Waals surface area contributed by atoms with E-state index in [2.05, 4.69) is 15.3 Å². The predicted octanol–water partition coefficient (Wildman–Crippen LogP) is 4.07. The van der Waals surface area contributed by atoms with Crippen molar-refractivity contribution >= 4 is 5.82 Å². The lowest BCUT2D eigenvalue weighted by atomic mass is 10.1. The molecular weight excluding hydrogens is 279 g/mol. The second-order valence-corrected chi connectivity index (χ2v) is 4.65. The summed E-state index contributed by atoms with van der Waals surface area (Å²) in [6.07, 6.45) is -3.60. The minimum atomic E-state index is -4.34. The summed E-state index contributed by atoms with van der Waals surface area (Å²) >= 11 is 0. The predicted molar refractivity (Wildman–Crippen MR) is 76.1 cm³/mol. The van der Waals surface area contributed by atoms with Crippen molar-refractivity contribution in [3.8, 4) is 11.4 Å². The third-order valence-corrected chi connectivity index (χ3v) is 3.29. The zero-order chi connectivity index (χ0) is 15.6. The third kappa shape index (κ3) is 3.15. The average molecular weight is 295 g/mol. The fourth-order valence-corrected chi connectivity index (χ4v) is 2.09. The van der Waals surface area contributed by atoms with Crippen LogP contribution >= 0.6 is 0 Å². The molecule has 0 unspecified atom stereocenters. The molecule has 0 amide bonds. The molecule has 0 bridgehead atoms. The van der Waals surface area contributed by atoms with E-state index in [4.69, 9.17) is 0 Å². The molecular formula is C15H16F3N3. The molecule has 0 spiro atoms. The second-order valence-electron chi connectivity index (χ2n) is 4.65. The Bertz CT molecular complexity index is 609. The van der Waals surface area contributed by atoms with Gasteiger partial charge in [0, 0.05) is 23.9 Å². The van der Waals surface area contributed by atoms with E-state index in [1.807, 2.05) is 13.8 Å². The number of rotatable bonds is 3. The normalized spacial score (nSPS) is 11.5. The molecule has 1 N–H and O–H groups in total. The maximum atomic E-state index is 12.6. The van der Waals surface area contributed by atoms with Gasteiger partial charge >= 0.3 is 6.18 Å². The van der Waals surface area contributed by atoms with E-state index in [-0.39, 0.29) is 0 Å². The Labute approximate surface area is 121 Å². The monoisotopic (exact) mass is 295 g/mol. The van der Waals surface area contributed by atoms with Gasteiger partial charge in [-0.1, -0.05) is 19.1 Å². The van der Waals surface area contributed by atoms with Gasteiger partial charge in [0.1, 0.15) is 5.82 Å². The molecule has 1 aromatic carbocycles. The number of nitrogens with one attached hydrogen (secondary N) is 1. The van der Waals surface area contributed by atoms with E-state index in [0.29, 0.717) is 17.2 Å². The molecule has 0 saturated carbocycles. The fraction of sp³-hybridized carbons (Fsp3) is 0.333. The van der Waals surface area contributed by atoms with E-state index in [1.165, 1.54) is 12.1 Å². The first-order chi connectivity index (χ1) is 9.86. The van der Waals surface area contributed by atoms with Crippen molar-refractivity contribution in [3.63, 3.8) is 0 Å². The van der Waals surface area contributed by atoms with E-state index in [1.54, 1.807) is 7.05 Å². The van der Waals surface area contributed by atoms with E-state index in [9.17, 15) is 13.2 Å². The van der Waals surface area contributed by atoms with E-state index < -0.39 is 11.7 Å². The minimum absolute atomic E-state index is 0.426. The maximum Gasteiger partial charge on any atom is 0.416 e. The molecule has 2 aromatic rings. The highest BCUT2D eigenvalue weighted by Gasteiger charge is 2.30. The van der Waals surface area contributed by atoms with Crippen LogP contribution in [-0.2, 0) is 12.6 Å². The van der Waals surface area contributed by atoms with Crippen LogP contribution in [0.4, 0.5) is 19.0 Å². The number of nitrogens with zero attached hydrogens (tertiary/aromatic N) is 2. The Morgan fingerprint density at radius 3 is 2.19 bits per heavy atom. The van der Waals surface area contributed by atoms with E-state index >= 15 is 0 Å². The lowest BCUT2D eigenvalue weighted by Crippen LogP contribution is -2.06. The SMILES string of the molecule is CCc1nc(-c2ccc(C(F)(F)F)cc2)nc(NC)c1C. The number of anilines is 1. The summed E-state index contributed by atoms with van der Waals surface area (Å²) in [4.78, 5) is 8.79. The van der Waals surface area contributed by atoms with Crippen LogP contribution in [0, 0.1) is 6.92 Å². The van der Waals surface area contributed by atoms with Crippen molar-refractivity contribution in [2.75, 3.05) is 12.4 Å². The summed E-state index contributed by atoms with van der Waals surface area (Å²) in [7, 11) is 1.76. The quantitative estimate of drug-likeness (QED) is 0.927. The number of hydrogen-bond donors (Lipinski definition) is 1. The summed E-state index contributed by atoms with van der Waals surface area (Å²) in [6, 6.07) is 4.88. The first-order valence-electron chi connectivity index (χ1n) is 6.59. The molecule has 0 fully saturated rings. The topological polar surface area (TPSA) is 37.8 Å². The number of benzene rings is 1. The summed E-state index contributed by atoms with van der Waals surface area (Å²) < 4.78 is 37.7. The maximum absolute atomic E-state index is 12.6. The molecule has 0 saturated heterocycles. The van der Waals surface area contributed by atoms with Crippen LogP contribution < -0.4 is 5.32 Å². The molecule has 1 aromatic heterocycles. The summed E-state index contributed by atoms with van der Waals surface area (Å²) in [5, 5.41) is 2.98. The number of aromatic nitrogens is 2. The largest absolute Gasteiger partial charge is 0.416 e. The van der Waals surface area contributed by atoms with Gasteiger partial charge in [0.15, 0.2) is 5.82 Å². The third-order valence-electron chi connectivity index (χ3n) is 3.29. The molecule has 0 atom stereocenters. The Morgan fingerprint density at radius 1 is 1.10 bits per heavy atom. The molecule has 0 aliphatic rings. The lowest BCUT2D eigenvalue weighted by Gasteiger charge is -2.12. The molecule has 112 valence electrons. The molecule has 0 radical (unpaired) electrons. The highest BCUT2D eigenvalue weighted by molar-refractivity contribution is 5.60. The molecule has 1 heterocycles. The number of aryl methyl sites for hydroxylation is 1. The number of alkyl halides is 3. The fourth-order valence-electron chi connectivity index (χ4n) is 2.09. The molecule has 3 nitrogen and oxygen atoms in total. The number of hydrogen-bond acceptors (Lipinski definition) is 3. The van der Waals surface area contributed by atoms with Crippen LogP contribution in [0.5, 0.6) is 0 Å². The zero-order valence-electron chi connectivity index (χ0n) is 12.0. The minimum Gasteiger partial charge on any atom is -0.373 e. The van der Waals surface area contributed by atoms with Crippen molar-refractivity contribution in [2.24, 2.45) is 0 Å². The Balaban J connectivity index is 2.47. The molecule has 6 heteroatoms. The second kappa shape index (κ2) is 5.71. The van der Waals surface area contributed by atoms with Crippen molar-refractivity contribution in [1.29, 1.82) is 0 Å². The zero-order valence-corrected chi connectivity index (χ0v) is 12.0. The molecule has 21 heavy (non-hydrogen) atoms. The standard InChI is InChI=1S/C15H16F3N3/c1-4-12-9(2)13(19-3)21-14(20-12)10-5-7-11(8-6-10)15(16,17)18/h5-8H,4H2,1-3H3,(H,19,20,21). The van der Waals surface area contributed by atoms with E-state index in [0.717, 1.165) is 29.8 Å². The van der Waals surface area contributed by atoms with Gasteiger partial charge in [-0.15, -0.1) is 0 Å². The van der Waals surface area contributed by atoms with Crippen molar-refractivity contribution in [1.82, 2.24) is 9.97 Å². The highest BCUT2D eigenvalue weighted by atomic mass is 19.4. The Hall–Kier alpha value is -2.11. The summed E-state index contributed by atoms with van der Waals surface area (Å²) in [6.45, 7) is 3.90. The van der Waals surface area contributed by atoms with Gasteiger partial charge in [0.05, 0.1) is 5.56 Å². The van der Waals surface area contributed by atoms with Crippen LogP contribution in [0.2, 0.25) is 0 Å². The summed E-state index contributed by atoms with van der Waals surface area (Å²) in [5.41, 5.74) is 1.72. The van der Waals surface area contributed by atoms with Crippen molar-refractivity contribution in [2.45, 2.75) is 26.4 Å². The molecule has 0 aliphatic heterocycles. The van der Waals surface area contributed by atoms with Crippen LogP contribution in [-0.4, -0.2) is 17.0 Å². The van der Waals surface area contributed by atoms with Gasteiger partial charge in [0.25, 0.3) is 0 Å². The van der Waals surface area contributed by atoms with Crippen molar-refractivity contribution < 1.29 is 13.2 Å².